The summed E-state index contributed by atoms with van der Waals surface area (Å²) < 4.78 is 17.9. The molecule has 0 saturated carbocycles. The van der Waals surface area contributed by atoms with E-state index in [9.17, 15) is 14.0 Å². The maximum absolute atomic E-state index is 13.0. The lowest BCUT2D eigenvalue weighted by molar-refractivity contribution is -0.122. The van der Waals surface area contributed by atoms with Crippen molar-refractivity contribution in [2.45, 2.75) is 19.4 Å². The number of rotatable bonds is 6. The number of anilines is 1. The minimum Gasteiger partial charge on any atom is -0.472 e. The highest BCUT2D eigenvalue weighted by Gasteiger charge is 2.24. The third-order valence-electron chi connectivity index (χ3n) is 4.57. The number of nitrogens with zero attached hydrogens (tertiary/aromatic N) is 1. The zero-order valence-corrected chi connectivity index (χ0v) is 14.6. The van der Waals surface area contributed by atoms with Crippen LogP contribution in [0, 0.1) is 11.7 Å². The van der Waals surface area contributed by atoms with Gasteiger partial charge in [0.15, 0.2) is 0 Å². The normalized spacial score (nSPS) is 17.8. The van der Waals surface area contributed by atoms with Crippen molar-refractivity contribution in [3.8, 4) is 0 Å². The van der Waals surface area contributed by atoms with E-state index < -0.39 is 6.04 Å². The van der Waals surface area contributed by atoms with E-state index in [4.69, 9.17) is 4.42 Å². The van der Waals surface area contributed by atoms with Crippen LogP contribution in [0.2, 0.25) is 0 Å². The van der Waals surface area contributed by atoms with Crippen molar-refractivity contribution in [1.82, 2.24) is 10.6 Å². The number of hydrogen-bond donors (Lipinski definition) is 2. The first kappa shape index (κ1) is 18.0. The highest BCUT2D eigenvalue weighted by molar-refractivity contribution is 5.97. The quantitative estimate of drug-likeness (QED) is 0.829. The summed E-state index contributed by atoms with van der Waals surface area (Å²) in [5, 5.41) is 5.53. The Balaban J connectivity index is 1.43. The van der Waals surface area contributed by atoms with Crippen LogP contribution < -0.4 is 15.5 Å². The summed E-state index contributed by atoms with van der Waals surface area (Å²) in [5.74, 6) is -0.490. The maximum Gasteiger partial charge on any atom is 0.255 e. The molecule has 0 aliphatic carbocycles. The fraction of sp³-hybridized carbons (Fsp3) is 0.368. The van der Waals surface area contributed by atoms with Gasteiger partial charge in [0.05, 0.1) is 11.8 Å². The number of furan rings is 1. The van der Waals surface area contributed by atoms with Crippen molar-refractivity contribution >= 4 is 17.5 Å². The van der Waals surface area contributed by atoms with Crippen LogP contribution in [0.4, 0.5) is 10.1 Å². The van der Waals surface area contributed by atoms with Gasteiger partial charge in [-0.2, -0.15) is 0 Å². The van der Waals surface area contributed by atoms with Crippen molar-refractivity contribution in [2.24, 2.45) is 5.92 Å². The summed E-state index contributed by atoms with van der Waals surface area (Å²) in [5.41, 5.74) is 1.37. The van der Waals surface area contributed by atoms with Crippen molar-refractivity contribution in [2.75, 3.05) is 24.5 Å². The summed E-state index contributed by atoms with van der Waals surface area (Å²) in [6.45, 7) is 3.87. The van der Waals surface area contributed by atoms with Crippen molar-refractivity contribution in [3.05, 3.63) is 54.2 Å². The predicted molar refractivity (Wildman–Crippen MR) is 95.4 cm³/mol. The van der Waals surface area contributed by atoms with Crippen LogP contribution in [-0.2, 0) is 4.79 Å². The van der Waals surface area contributed by atoms with Crippen molar-refractivity contribution in [3.63, 3.8) is 0 Å². The molecular formula is C19H22FN3O3. The first-order valence-corrected chi connectivity index (χ1v) is 8.64. The van der Waals surface area contributed by atoms with Gasteiger partial charge in [-0.1, -0.05) is 0 Å². The third-order valence-corrected chi connectivity index (χ3v) is 4.57. The van der Waals surface area contributed by atoms with Gasteiger partial charge in [-0.25, -0.2) is 4.39 Å². The number of carbonyl (C=O) groups excluding carboxylic acids is 2. The van der Waals surface area contributed by atoms with Crippen LogP contribution in [0.3, 0.4) is 0 Å². The molecular weight excluding hydrogens is 337 g/mol. The lowest BCUT2D eigenvalue weighted by Crippen LogP contribution is -2.46. The Morgan fingerprint density at radius 1 is 1.31 bits per heavy atom. The smallest absolute Gasteiger partial charge is 0.255 e. The van der Waals surface area contributed by atoms with E-state index in [1.807, 2.05) is 0 Å². The minimum absolute atomic E-state index is 0.220. The van der Waals surface area contributed by atoms with Gasteiger partial charge in [-0.05, 0) is 49.6 Å². The molecule has 3 rings (SSSR count). The highest BCUT2D eigenvalue weighted by atomic mass is 19.1. The van der Waals surface area contributed by atoms with E-state index >= 15 is 0 Å². The zero-order valence-electron chi connectivity index (χ0n) is 14.6. The standard InChI is InChI=1S/C19H22FN3O3/c1-13(22-19(25)15-7-9-26-12-15)18(24)21-10-14-6-8-23(11-14)17-4-2-16(20)3-5-17/h2-5,7,9,12-14H,6,8,10-11H2,1H3,(H,21,24)(H,22,25). The van der Waals surface area contributed by atoms with Gasteiger partial charge < -0.3 is 20.0 Å². The Morgan fingerprint density at radius 3 is 2.77 bits per heavy atom. The van der Waals surface area contributed by atoms with Gasteiger partial charge in [-0.3, -0.25) is 9.59 Å². The molecule has 0 bridgehead atoms. The molecule has 2 aromatic rings. The van der Waals surface area contributed by atoms with Gasteiger partial charge in [0.25, 0.3) is 5.91 Å². The number of benzene rings is 1. The molecule has 1 aliphatic rings. The lowest BCUT2D eigenvalue weighted by atomic mass is 10.1. The fourth-order valence-corrected chi connectivity index (χ4v) is 3.02. The van der Waals surface area contributed by atoms with Crippen molar-refractivity contribution < 1.29 is 18.4 Å². The molecule has 26 heavy (non-hydrogen) atoms. The Labute approximate surface area is 151 Å². The first-order valence-electron chi connectivity index (χ1n) is 8.64. The van der Waals surface area contributed by atoms with Gasteiger partial charge in [0.2, 0.25) is 5.91 Å². The van der Waals surface area contributed by atoms with Gasteiger partial charge in [-0.15, -0.1) is 0 Å². The summed E-state index contributed by atoms with van der Waals surface area (Å²) in [7, 11) is 0. The monoisotopic (exact) mass is 359 g/mol. The molecule has 1 aromatic heterocycles. The molecule has 0 radical (unpaired) electrons. The number of carbonyl (C=O) groups is 2. The second-order valence-corrected chi connectivity index (χ2v) is 6.53. The van der Waals surface area contributed by atoms with Gasteiger partial charge in [0, 0.05) is 25.3 Å². The number of hydrogen-bond acceptors (Lipinski definition) is 4. The van der Waals surface area contributed by atoms with E-state index in [0.29, 0.717) is 18.0 Å². The SMILES string of the molecule is CC(NC(=O)c1ccoc1)C(=O)NCC1CCN(c2ccc(F)cc2)C1. The van der Waals surface area contributed by atoms with Crippen LogP contribution in [0.1, 0.15) is 23.7 Å². The highest BCUT2D eigenvalue weighted by Crippen LogP contribution is 2.23. The predicted octanol–water partition coefficient (Wildman–Crippen LogP) is 2.18. The summed E-state index contributed by atoms with van der Waals surface area (Å²) in [6.07, 6.45) is 3.70. The zero-order chi connectivity index (χ0) is 18.5. The molecule has 1 saturated heterocycles. The molecule has 2 amide bonds. The average molecular weight is 359 g/mol. The van der Waals surface area contributed by atoms with Crippen LogP contribution in [0.15, 0.2) is 47.3 Å². The van der Waals surface area contributed by atoms with Crippen LogP contribution in [0.5, 0.6) is 0 Å². The number of amides is 2. The topological polar surface area (TPSA) is 74.6 Å². The fourth-order valence-electron chi connectivity index (χ4n) is 3.02. The van der Waals surface area contributed by atoms with E-state index in [2.05, 4.69) is 15.5 Å². The van der Waals surface area contributed by atoms with E-state index in [0.717, 1.165) is 25.2 Å². The molecule has 2 atom stereocenters. The molecule has 6 nitrogen and oxygen atoms in total. The van der Waals surface area contributed by atoms with Gasteiger partial charge in [0.1, 0.15) is 18.1 Å². The Hall–Kier alpha value is -2.83. The molecule has 1 aromatic carbocycles. The van der Waals surface area contributed by atoms with Crippen LogP contribution in [-0.4, -0.2) is 37.5 Å². The summed E-state index contributed by atoms with van der Waals surface area (Å²) in [4.78, 5) is 26.3. The number of nitrogens with one attached hydrogen (secondary N) is 2. The molecule has 1 aliphatic heterocycles. The molecule has 2 unspecified atom stereocenters. The first-order chi connectivity index (χ1) is 12.5. The largest absolute Gasteiger partial charge is 0.472 e. The average Bonchev–Trinajstić information content (AvgIpc) is 3.32. The second-order valence-electron chi connectivity index (χ2n) is 6.53. The van der Waals surface area contributed by atoms with E-state index in [1.54, 1.807) is 25.1 Å². The second kappa shape index (κ2) is 8.03. The Morgan fingerprint density at radius 2 is 2.08 bits per heavy atom. The maximum atomic E-state index is 13.0. The molecule has 1 fully saturated rings. The van der Waals surface area contributed by atoms with E-state index in [-0.39, 0.29) is 17.6 Å². The Bertz CT molecular complexity index is 746. The molecule has 2 N–H and O–H groups in total. The summed E-state index contributed by atoms with van der Waals surface area (Å²) in [6, 6.07) is 7.35. The molecule has 138 valence electrons. The number of halogens is 1. The molecule has 7 heteroatoms. The molecule has 2 heterocycles. The van der Waals surface area contributed by atoms with E-state index in [1.165, 1.54) is 24.7 Å². The van der Waals surface area contributed by atoms with Crippen molar-refractivity contribution in [1.29, 1.82) is 0 Å². The van der Waals surface area contributed by atoms with Crippen LogP contribution in [0.25, 0.3) is 0 Å². The van der Waals surface area contributed by atoms with Crippen LogP contribution >= 0.6 is 0 Å². The summed E-state index contributed by atoms with van der Waals surface area (Å²) >= 11 is 0. The Kier molecular flexibility index (Phi) is 5.55. The van der Waals surface area contributed by atoms with Gasteiger partial charge >= 0.3 is 0 Å². The third kappa shape index (κ3) is 4.41. The lowest BCUT2D eigenvalue weighted by Gasteiger charge is -2.19. The molecule has 0 spiro atoms. The minimum atomic E-state index is -0.632.